The molecule has 0 saturated carbocycles. The zero-order chi connectivity index (χ0) is 16.2. The number of carbonyl (C=O) groups is 1. The lowest BCUT2D eigenvalue weighted by Crippen LogP contribution is -2.39. The average Bonchev–Trinajstić information content (AvgIpc) is 3.06. The topological polar surface area (TPSA) is 68.5 Å². The fraction of sp³-hybridized carbons (Fsp3) is 0.438. The van der Waals surface area contributed by atoms with Gasteiger partial charge < -0.3 is 14.2 Å². The Kier molecular flexibility index (Phi) is 5.07. The number of nitrogens with zero attached hydrogens (tertiary/aromatic N) is 3. The minimum atomic E-state index is 0.0343. The Labute approximate surface area is 142 Å². The summed E-state index contributed by atoms with van der Waals surface area (Å²) in [4.78, 5) is 18.1. The molecule has 122 valence electrons. The summed E-state index contributed by atoms with van der Waals surface area (Å²) >= 11 is 3.41. The summed E-state index contributed by atoms with van der Waals surface area (Å²) < 4.78 is 11.3. The molecule has 1 fully saturated rings. The van der Waals surface area contributed by atoms with Crippen molar-refractivity contribution in [1.82, 2.24) is 15.0 Å². The molecule has 23 heavy (non-hydrogen) atoms. The Hall–Kier alpha value is -1.73. The molecule has 1 amide bonds. The lowest BCUT2D eigenvalue weighted by atomic mass is 9.97. The fourth-order valence-electron chi connectivity index (χ4n) is 2.71. The molecule has 1 saturated heterocycles. The first-order valence-electron chi connectivity index (χ1n) is 7.53. The zero-order valence-corrected chi connectivity index (χ0v) is 14.5. The van der Waals surface area contributed by atoms with Crippen LogP contribution in [0.1, 0.15) is 24.7 Å². The van der Waals surface area contributed by atoms with Crippen molar-refractivity contribution in [3.8, 4) is 11.4 Å². The zero-order valence-electron chi connectivity index (χ0n) is 12.9. The lowest BCUT2D eigenvalue weighted by molar-refractivity contribution is -0.136. The Bertz CT molecular complexity index is 663. The Morgan fingerprint density at radius 2 is 2.04 bits per heavy atom. The van der Waals surface area contributed by atoms with Gasteiger partial charge in [-0.05, 0) is 37.1 Å². The molecule has 0 radical (unpaired) electrons. The van der Waals surface area contributed by atoms with Gasteiger partial charge in [0.15, 0.2) is 0 Å². The van der Waals surface area contributed by atoms with Crippen molar-refractivity contribution in [2.24, 2.45) is 0 Å². The monoisotopic (exact) mass is 379 g/mol. The molecule has 0 N–H and O–H groups in total. The average molecular weight is 380 g/mol. The van der Waals surface area contributed by atoms with Gasteiger partial charge in [-0.15, -0.1) is 0 Å². The van der Waals surface area contributed by atoms with E-state index < -0.39 is 0 Å². The van der Waals surface area contributed by atoms with Crippen LogP contribution < -0.4 is 0 Å². The summed E-state index contributed by atoms with van der Waals surface area (Å²) in [6, 6.07) is 7.80. The predicted molar refractivity (Wildman–Crippen MR) is 87.9 cm³/mol. The lowest BCUT2D eigenvalue weighted by Gasteiger charge is -2.30. The highest BCUT2D eigenvalue weighted by Gasteiger charge is 2.27. The highest BCUT2D eigenvalue weighted by Crippen LogP contribution is 2.28. The van der Waals surface area contributed by atoms with Crippen LogP contribution in [-0.2, 0) is 9.53 Å². The highest BCUT2D eigenvalue weighted by atomic mass is 79.9. The van der Waals surface area contributed by atoms with E-state index in [0.717, 1.165) is 22.9 Å². The number of hydrogen-bond acceptors (Lipinski definition) is 5. The summed E-state index contributed by atoms with van der Waals surface area (Å²) in [6.07, 6.45) is 1.66. The van der Waals surface area contributed by atoms with Crippen LogP contribution in [0.15, 0.2) is 33.3 Å². The number of carbonyl (C=O) groups excluding carboxylic acids is 1. The van der Waals surface area contributed by atoms with E-state index in [9.17, 15) is 4.79 Å². The number of halogens is 1. The molecular weight excluding hydrogens is 362 g/mol. The SMILES string of the molecule is COCC(=O)N1CCC(c2nc(-c3ccc(Br)cc3)no2)CC1. The number of aromatic nitrogens is 2. The van der Waals surface area contributed by atoms with Gasteiger partial charge in [-0.3, -0.25) is 4.79 Å². The van der Waals surface area contributed by atoms with Crippen LogP contribution in [0.25, 0.3) is 11.4 Å². The minimum absolute atomic E-state index is 0.0343. The molecule has 1 aromatic carbocycles. The first-order chi connectivity index (χ1) is 11.2. The minimum Gasteiger partial charge on any atom is -0.375 e. The molecule has 0 spiro atoms. The molecule has 2 aromatic rings. The molecule has 1 aromatic heterocycles. The number of benzene rings is 1. The van der Waals surface area contributed by atoms with Crippen LogP contribution in [0.5, 0.6) is 0 Å². The van der Waals surface area contributed by atoms with Gasteiger partial charge in [0.25, 0.3) is 0 Å². The van der Waals surface area contributed by atoms with Crippen molar-refractivity contribution >= 4 is 21.8 Å². The van der Waals surface area contributed by atoms with Crippen molar-refractivity contribution in [3.05, 3.63) is 34.6 Å². The number of likely N-dealkylation sites (tertiary alicyclic amines) is 1. The maximum absolute atomic E-state index is 11.8. The predicted octanol–water partition coefficient (Wildman–Crippen LogP) is 2.85. The third-order valence-electron chi connectivity index (χ3n) is 4.01. The van der Waals surface area contributed by atoms with Crippen molar-refractivity contribution in [2.45, 2.75) is 18.8 Å². The van der Waals surface area contributed by atoms with Gasteiger partial charge in [0.05, 0.1) is 0 Å². The molecule has 0 atom stereocenters. The summed E-state index contributed by atoms with van der Waals surface area (Å²) in [5, 5.41) is 4.07. The van der Waals surface area contributed by atoms with Crippen molar-refractivity contribution < 1.29 is 14.1 Å². The number of methoxy groups -OCH3 is 1. The van der Waals surface area contributed by atoms with Crippen LogP contribution >= 0.6 is 15.9 Å². The van der Waals surface area contributed by atoms with Crippen LogP contribution in [-0.4, -0.2) is 47.8 Å². The second-order valence-electron chi connectivity index (χ2n) is 5.55. The number of piperidine rings is 1. The van der Waals surface area contributed by atoms with E-state index >= 15 is 0 Å². The van der Waals surface area contributed by atoms with E-state index in [1.165, 1.54) is 7.11 Å². The molecular formula is C16H18BrN3O3. The first-order valence-corrected chi connectivity index (χ1v) is 8.33. The Morgan fingerprint density at radius 3 is 2.70 bits per heavy atom. The number of amides is 1. The standard InChI is InChI=1S/C16H18BrN3O3/c1-22-10-14(21)20-8-6-12(7-9-20)16-18-15(19-23-16)11-2-4-13(17)5-3-11/h2-5,12H,6-10H2,1H3. The molecule has 3 rings (SSSR count). The van der Waals surface area contributed by atoms with Crippen molar-refractivity contribution in [2.75, 3.05) is 26.8 Å². The van der Waals surface area contributed by atoms with Crippen LogP contribution in [0.4, 0.5) is 0 Å². The third-order valence-corrected chi connectivity index (χ3v) is 4.54. The van der Waals surface area contributed by atoms with Gasteiger partial charge in [-0.1, -0.05) is 21.1 Å². The van der Waals surface area contributed by atoms with Gasteiger partial charge in [-0.2, -0.15) is 4.98 Å². The van der Waals surface area contributed by atoms with Gasteiger partial charge in [0.1, 0.15) is 6.61 Å². The van der Waals surface area contributed by atoms with E-state index in [2.05, 4.69) is 26.1 Å². The maximum atomic E-state index is 11.8. The Morgan fingerprint density at radius 1 is 1.35 bits per heavy atom. The van der Waals surface area contributed by atoms with E-state index in [0.29, 0.717) is 24.8 Å². The molecule has 6 nitrogen and oxygen atoms in total. The van der Waals surface area contributed by atoms with Crippen LogP contribution in [0.2, 0.25) is 0 Å². The second kappa shape index (κ2) is 7.23. The summed E-state index contributed by atoms with van der Waals surface area (Å²) in [6.45, 7) is 1.53. The van der Waals surface area contributed by atoms with Crippen molar-refractivity contribution in [1.29, 1.82) is 0 Å². The fourth-order valence-corrected chi connectivity index (χ4v) is 2.97. The van der Waals surface area contributed by atoms with Crippen LogP contribution in [0, 0.1) is 0 Å². The van der Waals surface area contributed by atoms with E-state index in [4.69, 9.17) is 9.26 Å². The Balaban J connectivity index is 1.63. The number of ether oxygens (including phenoxy) is 1. The molecule has 7 heteroatoms. The van der Waals surface area contributed by atoms with Gasteiger partial charge in [0, 0.05) is 36.2 Å². The second-order valence-corrected chi connectivity index (χ2v) is 6.47. The molecule has 2 heterocycles. The largest absolute Gasteiger partial charge is 0.375 e. The van der Waals surface area contributed by atoms with Crippen LogP contribution in [0.3, 0.4) is 0 Å². The smallest absolute Gasteiger partial charge is 0.248 e. The van der Waals surface area contributed by atoms with Crippen molar-refractivity contribution in [3.63, 3.8) is 0 Å². The molecule has 0 unspecified atom stereocenters. The summed E-state index contributed by atoms with van der Waals surface area (Å²) in [5.74, 6) is 1.50. The van der Waals surface area contributed by atoms with Gasteiger partial charge >= 0.3 is 0 Å². The molecule has 1 aliphatic heterocycles. The summed E-state index contributed by atoms with van der Waals surface area (Å²) in [5.41, 5.74) is 0.927. The molecule has 0 bridgehead atoms. The van der Waals surface area contributed by atoms with E-state index in [1.807, 2.05) is 29.2 Å². The highest BCUT2D eigenvalue weighted by molar-refractivity contribution is 9.10. The first kappa shape index (κ1) is 16.1. The van der Waals surface area contributed by atoms with Gasteiger partial charge in [0.2, 0.25) is 17.6 Å². The summed E-state index contributed by atoms with van der Waals surface area (Å²) in [7, 11) is 1.53. The van der Waals surface area contributed by atoms with E-state index in [1.54, 1.807) is 0 Å². The number of hydrogen-bond donors (Lipinski definition) is 0. The number of rotatable bonds is 4. The maximum Gasteiger partial charge on any atom is 0.248 e. The quantitative estimate of drug-likeness (QED) is 0.816. The normalized spacial score (nSPS) is 15.8. The third kappa shape index (κ3) is 3.79. The molecule has 0 aliphatic carbocycles. The van der Waals surface area contributed by atoms with Gasteiger partial charge in [-0.25, -0.2) is 0 Å². The molecule has 1 aliphatic rings. The van der Waals surface area contributed by atoms with E-state index in [-0.39, 0.29) is 18.4 Å².